The van der Waals surface area contributed by atoms with Gasteiger partial charge in [0, 0.05) is 25.1 Å². The SMILES string of the molecule is O=C(NCCO)C1=C[C@H](Oc2ccccc2I)[C@@H](O)[C@H](N(Cc2ccccc2)C(=O)Cc2ccccc2)C1. The number of hydrogen-bond acceptors (Lipinski definition) is 5. The van der Waals surface area contributed by atoms with Crippen molar-refractivity contribution in [3.63, 3.8) is 0 Å². The first-order valence-corrected chi connectivity index (χ1v) is 13.6. The van der Waals surface area contributed by atoms with Gasteiger partial charge < -0.3 is 25.2 Å². The third-order valence-corrected chi connectivity index (χ3v) is 7.32. The third kappa shape index (κ3) is 7.21. The molecule has 4 rings (SSSR count). The molecule has 0 aromatic heterocycles. The molecule has 0 fully saturated rings. The van der Waals surface area contributed by atoms with Crippen molar-refractivity contribution in [2.24, 2.45) is 0 Å². The highest BCUT2D eigenvalue weighted by Gasteiger charge is 2.40. The molecule has 198 valence electrons. The van der Waals surface area contributed by atoms with Crippen LogP contribution in [-0.2, 0) is 22.6 Å². The fourth-order valence-corrected chi connectivity index (χ4v) is 5.02. The van der Waals surface area contributed by atoms with E-state index in [4.69, 9.17) is 4.74 Å². The molecular formula is C30H31IN2O5. The molecule has 0 unspecified atom stereocenters. The van der Waals surface area contributed by atoms with E-state index in [1.165, 1.54) is 0 Å². The van der Waals surface area contributed by atoms with Gasteiger partial charge in [0.05, 0.1) is 22.6 Å². The number of hydrogen-bond donors (Lipinski definition) is 3. The Morgan fingerprint density at radius 2 is 1.58 bits per heavy atom. The number of rotatable bonds is 10. The Morgan fingerprint density at radius 1 is 0.947 bits per heavy atom. The summed E-state index contributed by atoms with van der Waals surface area (Å²) in [6.45, 7) is 0.185. The maximum Gasteiger partial charge on any atom is 0.247 e. The van der Waals surface area contributed by atoms with Crippen molar-refractivity contribution in [2.45, 2.75) is 37.6 Å². The number of nitrogens with one attached hydrogen (secondary N) is 1. The lowest BCUT2D eigenvalue weighted by molar-refractivity contribution is -0.138. The summed E-state index contributed by atoms with van der Waals surface area (Å²) in [6, 6.07) is 25.8. The Labute approximate surface area is 236 Å². The number of para-hydroxylation sites is 1. The van der Waals surface area contributed by atoms with Gasteiger partial charge in [0.2, 0.25) is 11.8 Å². The molecule has 0 radical (unpaired) electrons. The van der Waals surface area contributed by atoms with Gasteiger partial charge in [0.15, 0.2) is 0 Å². The van der Waals surface area contributed by atoms with Crippen molar-refractivity contribution < 1.29 is 24.5 Å². The molecule has 0 spiro atoms. The lowest BCUT2D eigenvalue weighted by Gasteiger charge is -2.40. The van der Waals surface area contributed by atoms with Crippen molar-refractivity contribution >= 4 is 34.4 Å². The number of nitrogens with zero attached hydrogens (tertiary/aromatic N) is 1. The van der Waals surface area contributed by atoms with E-state index in [2.05, 4.69) is 27.9 Å². The van der Waals surface area contributed by atoms with E-state index in [0.717, 1.165) is 14.7 Å². The Kier molecular flexibility index (Phi) is 9.91. The summed E-state index contributed by atoms with van der Waals surface area (Å²) in [6.07, 6.45) is -0.00260. The van der Waals surface area contributed by atoms with Crippen LogP contribution in [0.15, 0.2) is 96.6 Å². The molecule has 0 saturated heterocycles. The van der Waals surface area contributed by atoms with E-state index in [9.17, 15) is 19.8 Å². The van der Waals surface area contributed by atoms with E-state index in [1.54, 1.807) is 17.0 Å². The first-order chi connectivity index (χ1) is 18.5. The smallest absolute Gasteiger partial charge is 0.247 e. The highest BCUT2D eigenvalue weighted by molar-refractivity contribution is 14.1. The first-order valence-electron chi connectivity index (χ1n) is 12.5. The second-order valence-electron chi connectivity index (χ2n) is 9.12. The first kappa shape index (κ1) is 27.8. The zero-order chi connectivity index (χ0) is 26.9. The Balaban J connectivity index is 1.68. The predicted molar refractivity (Wildman–Crippen MR) is 153 cm³/mol. The quantitative estimate of drug-likeness (QED) is 0.300. The Bertz CT molecular complexity index is 1250. The largest absolute Gasteiger partial charge is 0.482 e. The minimum absolute atomic E-state index is 0.103. The molecule has 2 amide bonds. The van der Waals surface area contributed by atoms with Gasteiger partial charge in [-0.2, -0.15) is 0 Å². The van der Waals surface area contributed by atoms with E-state index < -0.39 is 18.2 Å². The van der Waals surface area contributed by atoms with Crippen LogP contribution >= 0.6 is 22.6 Å². The fourth-order valence-electron chi connectivity index (χ4n) is 4.51. The van der Waals surface area contributed by atoms with Crippen LogP contribution in [0.4, 0.5) is 0 Å². The summed E-state index contributed by atoms with van der Waals surface area (Å²) in [5.74, 6) is 0.0611. The van der Waals surface area contributed by atoms with Crippen LogP contribution in [0.2, 0.25) is 0 Å². The highest BCUT2D eigenvalue weighted by Crippen LogP contribution is 2.30. The number of ether oxygens (including phenoxy) is 1. The molecule has 7 nitrogen and oxygen atoms in total. The number of halogens is 1. The lowest BCUT2D eigenvalue weighted by Crippen LogP contribution is -2.55. The maximum absolute atomic E-state index is 13.7. The van der Waals surface area contributed by atoms with E-state index in [1.807, 2.05) is 78.9 Å². The normalized spacial score (nSPS) is 18.8. The van der Waals surface area contributed by atoms with E-state index in [-0.39, 0.29) is 44.4 Å². The maximum atomic E-state index is 13.7. The zero-order valence-corrected chi connectivity index (χ0v) is 23.0. The molecule has 38 heavy (non-hydrogen) atoms. The van der Waals surface area contributed by atoms with Crippen molar-refractivity contribution in [3.05, 3.63) is 111 Å². The van der Waals surface area contributed by atoms with Crippen LogP contribution in [-0.4, -0.2) is 58.3 Å². The van der Waals surface area contributed by atoms with Gasteiger partial charge in [0.1, 0.15) is 18.0 Å². The molecule has 0 aliphatic heterocycles. The summed E-state index contributed by atoms with van der Waals surface area (Å²) >= 11 is 2.16. The molecule has 0 heterocycles. The number of carbonyl (C=O) groups excluding carboxylic acids is 2. The summed E-state index contributed by atoms with van der Waals surface area (Å²) < 4.78 is 7.07. The summed E-state index contributed by atoms with van der Waals surface area (Å²) in [5, 5.41) is 23.5. The summed E-state index contributed by atoms with van der Waals surface area (Å²) in [7, 11) is 0. The van der Waals surface area contributed by atoms with Crippen molar-refractivity contribution in [1.29, 1.82) is 0 Å². The number of aliphatic hydroxyl groups is 2. The predicted octanol–water partition coefficient (Wildman–Crippen LogP) is 3.48. The van der Waals surface area contributed by atoms with Crippen LogP contribution in [0.1, 0.15) is 17.5 Å². The van der Waals surface area contributed by atoms with Gasteiger partial charge >= 0.3 is 0 Å². The van der Waals surface area contributed by atoms with Crippen molar-refractivity contribution in [1.82, 2.24) is 10.2 Å². The standard InChI is InChI=1S/C30H31IN2O5/c31-24-13-7-8-14-26(24)38-27-19-23(30(37)32-15-16-34)18-25(29(27)36)33(20-22-11-5-2-6-12-22)28(35)17-21-9-3-1-4-10-21/h1-14,19,25,27,29,34,36H,15-18,20H2,(H,32,37)/t25-,27+,29+/m1/s1. The fraction of sp³-hybridized carbons (Fsp3) is 0.267. The van der Waals surface area contributed by atoms with Crippen LogP contribution in [0.25, 0.3) is 0 Å². The molecular weight excluding hydrogens is 595 g/mol. The van der Waals surface area contributed by atoms with Gasteiger partial charge in [0.25, 0.3) is 0 Å². The average molecular weight is 626 g/mol. The molecule has 3 N–H and O–H groups in total. The van der Waals surface area contributed by atoms with E-state index in [0.29, 0.717) is 11.3 Å². The Morgan fingerprint density at radius 3 is 2.24 bits per heavy atom. The highest BCUT2D eigenvalue weighted by atomic mass is 127. The van der Waals surface area contributed by atoms with Crippen LogP contribution in [0.3, 0.4) is 0 Å². The lowest BCUT2D eigenvalue weighted by atomic mass is 9.87. The van der Waals surface area contributed by atoms with Crippen molar-refractivity contribution in [2.75, 3.05) is 13.2 Å². The number of aliphatic hydroxyl groups excluding tert-OH is 2. The van der Waals surface area contributed by atoms with Gasteiger partial charge in [-0.15, -0.1) is 0 Å². The molecule has 3 atom stereocenters. The van der Waals surface area contributed by atoms with Crippen molar-refractivity contribution in [3.8, 4) is 5.75 Å². The minimum Gasteiger partial charge on any atom is -0.482 e. The molecule has 8 heteroatoms. The average Bonchev–Trinajstić information content (AvgIpc) is 2.94. The zero-order valence-electron chi connectivity index (χ0n) is 20.9. The second-order valence-corrected chi connectivity index (χ2v) is 10.3. The molecule has 0 bridgehead atoms. The number of benzene rings is 3. The van der Waals surface area contributed by atoms with Gasteiger partial charge in [-0.05, 0) is 51.9 Å². The third-order valence-electron chi connectivity index (χ3n) is 6.43. The summed E-state index contributed by atoms with van der Waals surface area (Å²) in [4.78, 5) is 28.4. The second kappa shape index (κ2) is 13.5. The number of amides is 2. The van der Waals surface area contributed by atoms with Gasteiger partial charge in [-0.25, -0.2) is 0 Å². The van der Waals surface area contributed by atoms with Crippen LogP contribution < -0.4 is 10.1 Å². The van der Waals surface area contributed by atoms with Gasteiger partial charge in [-0.1, -0.05) is 72.8 Å². The molecule has 1 aliphatic carbocycles. The molecule has 0 saturated carbocycles. The Hall–Kier alpha value is -3.21. The molecule has 3 aromatic rings. The van der Waals surface area contributed by atoms with Crippen LogP contribution in [0, 0.1) is 3.57 Å². The monoisotopic (exact) mass is 626 g/mol. The summed E-state index contributed by atoms with van der Waals surface area (Å²) in [5.41, 5.74) is 2.18. The molecule has 1 aliphatic rings. The number of carbonyl (C=O) groups is 2. The minimum atomic E-state index is -1.08. The van der Waals surface area contributed by atoms with Crippen LogP contribution in [0.5, 0.6) is 5.75 Å². The van der Waals surface area contributed by atoms with E-state index >= 15 is 0 Å². The molecule has 3 aromatic carbocycles. The topological polar surface area (TPSA) is 99.1 Å². The van der Waals surface area contributed by atoms with Gasteiger partial charge in [-0.3, -0.25) is 9.59 Å².